The van der Waals surface area contributed by atoms with Crippen molar-refractivity contribution in [3.8, 4) is 0 Å². The van der Waals surface area contributed by atoms with E-state index < -0.39 is 5.97 Å². The van der Waals surface area contributed by atoms with E-state index in [2.05, 4.69) is 0 Å². The van der Waals surface area contributed by atoms with Gasteiger partial charge in [-0.25, -0.2) is 9.78 Å². The Morgan fingerprint density at radius 1 is 1.32 bits per heavy atom. The Labute approximate surface area is 191 Å². The molecule has 0 N–H and O–H groups in total. The molecular weight excluding hydrogens is 456 g/mol. The van der Waals surface area contributed by atoms with Gasteiger partial charge in [0, 0.05) is 10.8 Å². The number of fused-ring (bicyclic) bond motifs is 1. The van der Waals surface area contributed by atoms with Gasteiger partial charge in [-0.05, 0) is 49.2 Å². The molecule has 0 unspecified atom stereocenters. The van der Waals surface area contributed by atoms with E-state index in [0.717, 1.165) is 5.56 Å². The van der Waals surface area contributed by atoms with Gasteiger partial charge in [0.05, 0.1) is 24.8 Å². The van der Waals surface area contributed by atoms with Crippen LogP contribution < -0.4 is 5.56 Å². The molecule has 0 saturated carbocycles. The second-order valence-corrected chi connectivity index (χ2v) is 9.12. The van der Waals surface area contributed by atoms with E-state index >= 15 is 0 Å². The molecule has 3 aromatic heterocycles. The van der Waals surface area contributed by atoms with Gasteiger partial charge in [-0.1, -0.05) is 35.5 Å². The molecule has 0 spiro atoms. The number of hydrogen-bond donors (Lipinski definition) is 0. The minimum Gasteiger partial charge on any atom is -0.467 e. The van der Waals surface area contributed by atoms with Crippen LogP contribution in [0.4, 0.5) is 0 Å². The second kappa shape index (κ2) is 9.30. The topological polar surface area (TPSA) is 74.3 Å². The molecule has 160 valence electrons. The van der Waals surface area contributed by atoms with Crippen molar-refractivity contribution in [2.24, 2.45) is 0 Å². The number of benzene rings is 1. The van der Waals surface area contributed by atoms with Crippen molar-refractivity contribution < 1.29 is 13.9 Å². The molecule has 6 nitrogen and oxygen atoms in total. The summed E-state index contributed by atoms with van der Waals surface area (Å²) in [7, 11) is 0. The standard InChI is InChI=1S/C22H19ClN2O4S2/c1-3-28-21(27)18-13(2)17-19(31-18)24-22(30-12-14-6-4-7-15(23)10-14)25(20(17)26)11-16-8-5-9-29-16/h4-10H,3,11-12H2,1-2H3. The molecule has 1 aromatic carbocycles. The normalized spacial score (nSPS) is 11.2. The third-order valence-corrected chi connectivity index (χ3v) is 7.08. The third kappa shape index (κ3) is 4.56. The number of carbonyl (C=O) groups is 1. The van der Waals surface area contributed by atoms with E-state index in [9.17, 15) is 9.59 Å². The average molecular weight is 475 g/mol. The van der Waals surface area contributed by atoms with Crippen molar-refractivity contribution in [2.45, 2.75) is 31.3 Å². The predicted molar refractivity (Wildman–Crippen MR) is 123 cm³/mol. The lowest BCUT2D eigenvalue weighted by atomic mass is 10.2. The Morgan fingerprint density at radius 2 is 2.16 bits per heavy atom. The molecule has 0 bridgehead atoms. The minimum absolute atomic E-state index is 0.209. The lowest BCUT2D eigenvalue weighted by molar-refractivity contribution is 0.0531. The highest BCUT2D eigenvalue weighted by Gasteiger charge is 2.23. The van der Waals surface area contributed by atoms with Crippen LogP contribution >= 0.6 is 34.7 Å². The number of furan rings is 1. The Morgan fingerprint density at radius 3 is 2.87 bits per heavy atom. The van der Waals surface area contributed by atoms with Crippen LogP contribution in [0.15, 0.2) is 57.0 Å². The Bertz CT molecular complexity index is 1300. The smallest absolute Gasteiger partial charge is 0.348 e. The summed E-state index contributed by atoms with van der Waals surface area (Å²) in [6.45, 7) is 4.02. The van der Waals surface area contributed by atoms with Gasteiger partial charge in [-0.3, -0.25) is 9.36 Å². The maximum Gasteiger partial charge on any atom is 0.348 e. The first kappa shape index (κ1) is 21.7. The van der Waals surface area contributed by atoms with Crippen LogP contribution in [-0.2, 0) is 17.0 Å². The second-order valence-electron chi connectivity index (χ2n) is 6.74. The number of rotatable bonds is 7. The van der Waals surface area contributed by atoms with Crippen LogP contribution in [0.5, 0.6) is 0 Å². The van der Waals surface area contributed by atoms with Gasteiger partial charge in [0.15, 0.2) is 5.16 Å². The number of aryl methyl sites for hydroxylation is 1. The highest BCUT2D eigenvalue weighted by atomic mass is 35.5. The molecular formula is C22H19ClN2O4S2. The molecule has 0 amide bonds. The Hall–Kier alpha value is -2.55. The molecule has 31 heavy (non-hydrogen) atoms. The molecule has 3 heterocycles. The largest absolute Gasteiger partial charge is 0.467 e. The fraction of sp³-hybridized carbons (Fsp3) is 0.227. The molecule has 4 aromatic rings. The minimum atomic E-state index is -0.437. The molecule has 0 aliphatic carbocycles. The number of hydrogen-bond acceptors (Lipinski definition) is 7. The van der Waals surface area contributed by atoms with Crippen molar-refractivity contribution in [3.05, 3.63) is 79.8 Å². The summed E-state index contributed by atoms with van der Waals surface area (Å²) in [5.41, 5.74) is 1.40. The number of halogens is 1. The summed E-state index contributed by atoms with van der Waals surface area (Å²) in [5.74, 6) is 0.797. The summed E-state index contributed by atoms with van der Waals surface area (Å²) in [5, 5.41) is 1.64. The van der Waals surface area contributed by atoms with Crippen LogP contribution in [0.1, 0.15) is 33.5 Å². The van der Waals surface area contributed by atoms with E-state index in [1.807, 2.05) is 30.3 Å². The summed E-state index contributed by atoms with van der Waals surface area (Å²) in [6.07, 6.45) is 1.57. The van der Waals surface area contributed by atoms with Crippen molar-refractivity contribution in [3.63, 3.8) is 0 Å². The van der Waals surface area contributed by atoms with Crippen LogP contribution in [0.3, 0.4) is 0 Å². The van der Waals surface area contributed by atoms with Crippen molar-refractivity contribution >= 4 is 50.9 Å². The van der Waals surface area contributed by atoms with Gasteiger partial charge < -0.3 is 9.15 Å². The van der Waals surface area contributed by atoms with Crippen molar-refractivity contribution in [1.29, 1.82) is 0 Å². The highest BCUT2D eigenvalue weighted by Crippen LogP contribution is 2.31. The summed E-state index contributed by atoms with van der Waals surface area (Å²) < 4.78 is 12.2. The fourth-order valence-electron chi connectivity index (χ4n) is 3.17. The number of aromatic nitrogens is 2. The monoisotopic (exact) mass is 474 g/mol. The Kier molecular flexibility index (Phi) is 6.50. The van der Waals surface area contributed by atoms with Gasteiger partial charge in [-0.2, -0.15) is 0 Å². The number of nitrogens with zero attached hydrogens (tertiary/aromatic N) is 2. The molecule has 0 saturated heterocycles. The number of esters is 1. The molecule has 0 aliphatic heterocycles. The molecule has 0 aliphatic rings. The highest BCUT2D eigenvalue weighted by molar-refractivity contribution is 7.98. The number of ether oxygens (including phenoxy) is 1. The van der Waals surface area contributed by atoms with E-state index in [1.54, 1.807) is 30.7 Å². The maximum absolute atomic E-state index is 13.5. The third-order valence-electron chi connectivity index (χ3n) is 4.63. The summed E-state index contributed by atoms with van der Waals surface area (Å²) >= 11 is 8.72. The van der Waals surface area contributed by atoms with Gasteiger partial charge in [0.25, 0.3) is 5.56 Å². The number of thiophene rings is 1. The van der Waals surface area contributed by atoms with Crippen LogP contribution in [0, 0.1) is 6.92 Å². The average Bonchev–Trinajstić information content (AvgIpc) is 3.37. The van der Waals surface area contributed by atoms with Gasteiger partial charge in [0.2, 0.25) is 0 Å². The number of carbonyl (C=O) groups excluding carboxylic acids is 1. The zero-order valence-corrected chi connectivity index (χ0v) is 19.3. The fourth-order valence-corrected chi connectivity index (χ4v) is 5.44. The van der Waals surface area contributed by atoms with E-state index in [0.29, 0.717) is 42.3 Å². The maximum atomic E-state index is 13.5. The SMILES string of the molecule is CCOC(=O)c1sc2nc(SCc3cccc(Cl)c3)n(Cc3ccco3)c(=O)c2c1C. The lowest BCUT2D eigenvalue weighted by Crippen LogP contribution is -2.23. The van der Waals surface area contributed by atoms with Gasteiger partial charge >= 0.3 is 5.97 Å². The zero-order valence-electron chi connectivity index (χ0n) is 16.9. The van der Waals surface area contributed by atoms with Gasteiger partial charge in [-0.15, -0.1) is 11.3 Å². The quantitative estimate of drug-likeness (QED) is 0.199. The van der Waals surface area contributed by atoms with Crippen LogP contribution in [0.2, 0.25) is 5.02 Å². The molecule has 0 fully saturated rings. The predicted octanol–water partition coefficient (Wildman–Crippen LogP) is 5.53. The van der Waals surface area contributed by atoms with Crippen LogP contribution in [0.25, 0.3) is 10.2 Å². The van der Waals surface area contributed by atoms with Crippen molar-refractivity contribution in [2.75, 3.05) is 6.61 Å². The first-order valence-corrected chi connectivity index (χ1v) is 11.8. The molecule has 4 rings (SSSR count). The Balaban J connectivity index is 1.80. The summed E-state index contributed by atoms with van der Waals surface area (Å²) in [6, 6.07) is 11.2. The first-order chi connectivity index (χ1) is 15.0. The molecule has 0 radical (unpaired) electrons. The van der Waals surface area contributed by atoms with Gasteiger partial charge in [0.1, 0.15) is 15.5 Å². The summed E-state index contributed by atoms with van der Waals surface area (Å²) in [4.78, 5) is 31.5. The lowest BCUT2D eigenvalue weighted by Gasteiger charge is -2.11. The molecule has 9 heteroatoms. The van der Waals surface area contributed by atoms with E-state index in [1.165, 1.54) is 23.1 Å². The number of thioether (sulfide) groups is 1. The van der Waals surface area contributed by atoms with Crippen LogP contribution in [-0.4, -0.2) is 22.1 Å². The molecule has 0 atom stereocenters. The zero-order chi connectivity index (χ0) is 22.0. The van der Waals surface area contributed by atoms with Crippen molar-refractivity contribution in [1.82, 2.24) is 9.55 Å². The van der Waals surface area contributed by atoms with E-state index in [4.69, 9.17) is 25.7 Å². The first-order valence-electron chi connectivity index (χ1n) is 9.58. The van der Waals surface area contributed by atoms with E-state index in [-0.39, 0.29) is 18.7 Å².